The van der Waals surface area contributed by atoms with Crippen molar-refractivity contribution >= 4 is 12.0 Å². The van der Waals surface area contributed by atoms with Gasteiger partial charge >= 0.3 is 6.09 Å². The van der Waals surface area contributed by atoms with Gasteiger partial charge in [-0.25, -0.2) is 4.79 Å². The second-order valence-corrected chi connectivity index (χ2v) is 6.17. The largest absolute Gasteiger partial charge is 0.444 e. The lowest BCUT2D eigenvalue weighted by atomic mass is 9.92. The summed E-state index contributed by atoms with van der Waals surface area (Å²) in [5.41, 5.74) is -0.735. The molecule has 0 unspecified atom stereocenters. The summed E-state index contributed by atoms with van der Waals surface area (Å²) in [6, 6.07) is -1.81. The third-order valence-electron chi connectivity index (χ3n) is 3.15. The average molecular weight is 304 g/mol. The molecule has 0 spiro atoms. The van der Waals surface area contributed by atoms with Gasteiger partial charge in [-0.3, -0.25) is 9.69 Å². The Hall–Kier alpha value is -1.38. The van der Waals surface area contributed by atoms with Gasteiger partial charge in [-0.15, -0.1) is 0 Å². The maximum Gasteiger partial charge on any atom is 0.410 e. The highest BCUT2D eigenvalue weighted by atomic mass is 16.6. The molecule has 0 aromatic heterocycles. The van der Waals surface area contributed by atoms with Gasteiger partial charge < -0.3 is 25.4 Å². The number of carbonyl (C=O) groups is 2. The molecule has 21 heavy (non-hydrogen) atoms. The van der Waals surface area contributed by atoms with Crippen molar-refractivity contribution in [2.24, 2.45) is 0 Å². The standard InChI is InChI=1S/C13H24N2O6/c1-7(17)14-8-5-15(12(20)21-13(2,3)4)9(6-16)11(19)10(8)18/h8-11,16,18-19H,5-6H2,1-4H3,(H,14,17)/t8-,9+,10+,11-/m0/s1. The van der Waals surface area contributed by atoms with Crippen LogP contribution in [-0.2, 0) is 9.53 Å². The quantitative estimate of drug-likeness (QED) is 0.510. The number of amides is 2. The van der Waals surface area contributed by atoms with Crippen LogP contribution < -0.4 is 5.32 Å². The minimum atomic E-state index is -1.38. The van der Waals surface area contributed by atoms with Gasteiger partial charge in [0.25, 0.3) is 0 Å². The molecule has 2 amide bonds. The van der Waals surface area contributed by atoms with E-state index < -0.39 is 48.5 Å². The predicted molar refractivity (Wildman–Crippen MR) is 73.4 cm³/mol. The van der Waals surface area contributed by atoms with E-state index in [2.05, 4.69) is 5.32 Å². The van der Waals surface area contributed by atoms with Crippen LogP contribution in [0.25, 0.3) is 0 Å². The number of aliphatic hydroxyl groups excluding tert-OH is 3. The molecule has 8 nitrogen and oxygen atoms in total. The Balaban J connectivity index is 2.92. The molecular weight excluding hydrogens is 280 g/mol. The third-order valence-corrected chi connectivity index (χ3v) is 3.15. The Morgan fingerprint density at radius 3 is 2.29 bits per heavy atom. The van der Waals surface area contributed by atoms with Crippen LogP contribution >= 0.6 is 0 Å². The van der Waals surface area contributed by atoms with Crippen LogP contribution in [0.5, 0.6) is 0 Å². The summed E-state index contributed by atoms with van der Waals surface area (Å²) in [6.07, 6.45) is -3.37. The molecule has 1 saturated heterocycles. The first kappa shape index (κ1) is 17.7. The third kappa shape index (κ3) is 4.55. The number of carbonyl (C=O) groups excluding carboxylic acids is 2. The number of ether oxygens (including phenoxy) is 1. The fraction of sp³-hybridized carbons (Fsp3) is 0.846. The van der Waals surface area contributed by atoms with Gasteiger partial charge in [0.1, 0.15) is 17.8 Å². The average Bonchev–Trinajstić information content (AvgIpc) is 2.32. The normalized spacial score (nSPS) is 30.0. The molecule has 1 heterocycles. The van der Waals surface area contributed by atoms with E-state index in [0.29, 0.717) is 0 Å². The lowest BCUT2D eigenvalue weighted by molar-refractivity contribution is -0.128. The summed E-state index contributed by atoms with van der Waals surface area (Å²) in [4.78, 5) is 24.4. The molecule has 0 aromatic carbocycles. The Morgan fingerprint density at radius 2 is 1.86 bits per heavy atom. The molecule has 0 aliphatic carbocycles. The van der Waals surface area contributed by atoms with Gasteiger partial charge in [-0.2, -0.15) is 0 Å². The number of aliphatic hydroxyl groups is 3. The van der Waals surface area contributed by atoms with Crippen LogP contribution in [-0.4, -0.2) is 75.3 Å². The van der Waals surface area contributed by atoms with Crippen molar-refractivity contribution in [3.8, 4) is 0 Å². The van der Waals surface area contributed by atoms with Crippen molar-refractivity contribution in [2.45, 2.75) is 57.6 Å². The molecule has 0 saturated carbocycles. The summed E-state index contributed by atoms with van der Waals surface area (Å²) in [5.74, 6) is -0.391. The van der Waals surface area contributed by atoms with E-state index in [1.165, 1.54) is 6.92 Å². The Morgan fingerprint density at radius 1 is 1.29 bits per heavy atom. The molecule has 4 N–H and O–H groups in total. The Bertz CT molecular complexity index is 395. The fourth-order valence-electron chi connectivity index (χ4n) is 2.23. The van der Waals surface area contributed by atoms with Crippen molar-refractivity contribution in [3.63, 3.8) is 0 Å². The predicted octanol–water partition coefficient (Wildman–Crippen LogP) is -1.18. The zero-order valence-corrected chi connectivity index (χ0v) is 12.7. The van der Waals surface area contributed by atoms with Gasteiger partial charge in [0.05, 0.1) is 18.7 Å². The highest BCUT2D eigenvalue weighted by molar-refractivity contribution is 5.74. The molecule has 0 bridgehead atoms. The van der Waals surface area contributed by atoms with E-state index in [0.717, 1.165) is 4.90 Å². The maximum atomic E-state index is 12.2. The van der Waals surface area contributed by atoms with E-state index >= 15 is 0 Å². The van der Waals surface area contributed by atoms with Gasteiger partial charge in [0.15, 0.2) is 0 Å². The molecule has 4 atom stereocenters. The van der Waals surface area contributed by atoms with E-state index in [1.54, 1.807) is 20.8 Å². The first-order chi connectivity index (χ1) is 9.56. The SMILES string of the molecule is CC(=O)N[C@H]1CN(C(=O)OC(C)(C)C)[C@H](CO)[C@H](O)[C@@H]1O. The second-order valence-electron chi connectivity index (χ2n) is 6.17. The van der Waals surface area contributed by atoms with E-state index in [1.807, 2.05) is 0 Å². The minimum Gasteiger partial charge on any atom is -0.444 e. The molecule has 1 aliphatic rings. The molecular formula is C13H24N2O6. The number of rotatable bonds is 2. The Labute approximate surface area is 123 Å². The molecule has 0 radical (unpaired) electrons. The van der Waals surface area contributed by atoms with Crippen molar-refractivity contribution in [1.82, 2.24) is 10.2 Å². The smallest absolute Gasteiger partial charge is 0.410 e. The van der Waals surface area contributed by atoms with Crippen LogP contribution in [0.4, 0.5) is 4.79 Å². The zero-order chi connectivity index (χ0) is 16.4. The molecule has 122 valence electrons. The highest BCUT2D eigenvalue weighted by Crippen LogP contribution is 2.21. The van der Waals surface area contributed by atoms with Crippen LogP contribution in [0, 0.1) is 0 Å². The van der Waals surface area contributed by atoms with E-state index in [9.17, 15) is 24.9 Å². The van der Waals surface area contributed by atoms with E-state index in [4.69, 9.17) is 4.74 Å². The first-order valence-corrected chi connectivity index (χ1v) is 6.80. The van der Waals surface area contributed by atoms with Crippen LogP contribution in [0.1, 0.15) is 27.7 Å². The number of hydrogen-bond donors (Lipinski definition) is 4. The van der Waals surface area contributed by atoms with Crippen molar-refractivity contribution in [2.75, 3.05) is 13.2 Å². The lowest BCUT2D eigenvalue weighted by Gasteiger charge is -2.44. The Kier molecular flexibility index (Phi) is 5.54. The van der Waals surface area contributed by atoms with Gasteiger partial charge in [0.2, 0.25) is 5.91 Å². The second kappa shape index (κ2) is 6.59. The van der Waals surface area contributed by atoms with Crippen molar-refractivity contribution < 1.29 is 29.6 Å². The zero-order valence-electron chi connectivity index (χ0n) is 12.7. The minimum absolute atomic E-state index is 0.0576. The van der Waals surface area contributed by atoms with Crippen LogP contribution in [0.3, 0.4) is 0 Å². The van der Waals surface area contributed by atoms with Crippen molar-refractivity contribution in [3.05, 3.63) is 0 Å². The van der Waals surface area contributed by atoms with Crippen LogP contribution in [0.15, 0.2) is 0 Å². The summed E-state index contributed by atoms with van der Waals surface area (Å²) in [6.45, 7) is 5.77. The number of nitrogens with zero attached hydrogens (tertiary/aromatic N) is 1. The van der Waals surface area contributed by atoms with Gasteiger partial charge in [-0.1, -0.05) is 0 Å². The first-order valence-electron chi connectivity index (χ1n) is 6.80. The summed E-state index contributed by atoms with van der Waals surface area (Å²) in [7, 11) is 0. The molecule has 1 rings (SSSR count). The van der Waals surface area contributed by atoms with Crippen LogP contribution in [0.2, 0.25) is 0 Å². The number of hydrogen-bond acceptors (Lipinski definition) is 6. The molecule has 8 heteroatoms. The molecule has 1 aliphatic heterocycles. The van der Waals surface area contributed by atoms with Crippen molar-refractivity contribution in [1.29, 1.82) is 0 Å². The van der Waals surface area contributed by atoms with Gasteiger partial charge in [0, 0.05) is 13.5 Å². The summed E-state index contributed by atoms with van der Waals surface area (Å²) >= 11 is 0. The van der Waals surface area contributed by atoms with E-state index in [-0.39, 0.29) is 6.54 Å². The highest BCUT2D eigenvalue weighted by Gasteiger charge is 2.45. The topological polar surface area (TPSA) is 119 Å². The summed E-state index contributed by atoms with van der Waals surface area (Å²) < 4.78 is 5.22. The molecule has 1 fully saturated rings. The number of piperidine rings is 1. The number of nitrogens with one attached hydrogen (secondary N) is 1. The maximum absolute atomic E-state index is 12.2. The fourth-order valence-corrected chi connectivity index (χ4v) is 2.23. The number of likely N-dealkylation sites (tertiary alicyclic amines) is 1. The summed E-state index contributed by atoms with van der Waals surface area (Å²) in [5, 5.41) is 31.8. The lowest BCUT2D eigenvalue weighted by Crippen LogP contribution is -2.67. The van der Waals surface area contributed by atoms with Gasteiger partial charge in [-0.05, 0) is 20.8 Å². The monoisotopic (exact) mass is 304 g/mol. The molecule has 0 aromatic rings.